The fourth-order valence-electron chi connectivity index (χ4n) is 3.98. The molecule has 25 heavy (non-hydrogen) atoms. The summed E-state index contributed by atoms with van der Waals surface area (Å²) >= 11 is 0. The van der Waals surface area contributed by atoms with Crippen LogP contribution in [-0.2, 0) is 30.5 Å². The van der Waals surface area contributed by atoms with Crippen molar-refractivity contribution in [3.63, 3.8) is 0 Å². The Morgan fingerprint density at radius 2 is 2.20 bits per heavy atom. The topological polar surface area (TPSA) is 59.9 Å². The van der Waals surface area contributed by atoms with Gasteiger partial charge in [0.2, 0.25) is 0 Å². The number of carbonyl (C=O) groups is 1. The number of aryl methyl sites for hydroxylation is 3. The van der Waals surface area contributed by atoms with Gasteiger partial charge in [-0.2, -0.15) is 0 Å². The third-order valence-corrected chi connectivity index (χ3v) is 5.15. The fraction of sp³-hybridized carbons (Fsp3) is 0.400. The second-order valence-electron chi connectivity index (χ2n) is 6.65. The van der Waals surface area contributed by atoms with Crippen molar-refractivity contribution >= 4 is 16.9 Å². The zero-order chi connectivity index (χ0) is 17.2. The number of methoxy groups -OCH3 is 1. The highest BCUT2D eigenvalue weighted by molar-refractivity contribution is 5.96. The highest BCUT2D eigenvalue weighted by atomic mass is 16.5. The van der Waals surface area contributed by atoms with Crippen LogP contribution >= 0.6 is 0 Å². The van der Waals surface area contributed by atoms with E-state index in [2.05, 4.69) is 20.6 Å². The molecule has 0 unspecified atom stereocenters. The van der Waals surface area contributed by atoms with Gasteiger partial charge in [0.25, 0.3) is 0 Å². The van der Waals surface area contributed by atoms with Crippen LogP contribution in [0.3, 0.4) is 0 Å². The summed E-state index contributed by atoms with van der Waals surface area (Å²) in [5, 5.41) is 1.22. The van der Waals surface area contributed by atoms with Gasteiger partial charge in [0.05, 0.1) is 12.7 Å². The molecule has 2 aromatic heterocycles. The predicted molar refractivity (Wildman–Crippen MR) is 96.8 cm³/mol. The monoisotopic (exact) mass is 337 g/mol. The Morgan fingerprint density at radius 3 is 3.00 bits per heavy atom. The molecule has 0 spiro atoms. The number of ether oxygens (including phenoxy) is 1. The van der Waals surface area contributed by atoms with Crippen LogP contribution in [0.2, 0.25) is 0 Å². The number of aromatic amines is 1. The van der Waals surface area contributed by atoms with E-state index in [9.17, 15) is 4.79 Å². The number of benzene rings is 1. The van der Waals surface area contributed by atoms with Crippen LogP contribution in [0.5, 0.6) is 0 Å². The Kier molecular flexibility index (Phi) is 4.30. The van der Waals surface area contributed by atoms with Crippen molar-refractivity contribution in [2.24, 2.45) is 0 Å². The van der Waals surface area contributed by atoms with Gasteiger partial charge in [-0.3, -0.25) is 0 Å². The number of carbonyl (C=O) groups excluding carboxylic acids is 1. The lowest BCUT2D eigenvalue weighted by Gasteiger charge is -2.15. The second kappa shape index (κ2) is 6.75. The van der Waals surface area contributed by atoms with Crippen LogP contribution < -0.4 is 0 Å². The minimum Gasteiger partial charge on any atom is -0.465 e. The van der Waals surface area contributed by atoms with Crippen LogP contribution in [0.4, 0.5) is 0 Å². The Balaban J connectivity index is 1.68. The molecule has 3 aromatic rings. The first kappa shape index (κ1) is 15.9. The number of rotatable bonds is 5. The third kappa shape index (κ3) is 2.95. The van der Waals surface area contributed by atoms with Crippen molar-refractivity contribution in [2.75, 3.05) is 7.11 Å². The summed E-state index contributed by atoms with van der Waals surface area (Å²) in [4.78, 5) is 19.4. The van der Waals surface area contributed by atoms with Gasteiger partial charge < -0.3 is 14.3 Å². The maximum atomic E-state index is 11.9. The first-order chi connectivity index (χ1) is 12.3. The van der Waals surface area contributed by atoms with Crippen LogP contribution in [0, 0.1) is 0 Å². The molecule has 4 rings (SSSR count). The van der Waals surface area contributed by atoms with Crippen LogP contribution in [-0.4, -0.2) is 27.6 Å². The molecule has 2 heterocycles. The zero-order valence-corrected chi connectivity index (χ0v) is 14.5. The molecule has 130 valence electrons. The van der Waals surface area contributed by atoms with E-state index in [0.717, 1.165) is 38.1 Å². The first-order valence-corrected chi connectivity index (χ1v) is 8.98. The summed E-state index contributed by atoms with van der Waals surface area (Å²) in [5.41, 5.74) is 4.74. The smallest absolute Gasteiger partial charge is 0.337 e. The van der Waals surface area contributed by atoms with Gasteiger partial charge in [-0.25, -0.2) is 9.78 Å². The molecule has 0 fully saturated rings. The lowest BCUT2D eigenvalue weighted by molar-refractivity contribution is 0.0601. The van der Waals surface area contributed by atoms with Crippen LogP contribution in [0.1, 0.15) is 46.7 Å². The molecule has 0 radical (unpaired) electrons. The SMILES string of the molecule is COC(=O)c1ccc2c(c1)c1c(n2CCCc2ncc[nH]2)CCCC1. The lowest BCUT2D eigenvalue weighted by Crippen LogP contribution is -2.09. The zero-order valence-electron chi connectivity index (χ0n) is 14.5. The van der Waals surface area contributed by atoms with Gasteiger partial charge in [0.1, 0.15) is 5.82 Å². The van der Waals surface area contributed by atoms with Crippen LogP contribution in [0.25, 0.3) is 10.9 Å². The standard InChI is InChI=1S/C20H23N3O2/c1-25-20(24)14-8-9-18-16(13-14)15-5-2-3-6-17(15)23(18)12-4-7-19-21-10-11-22-19/h8-11,13H,2-7,12H2,1H3,(H,21,22). The second-order valence-corrected chi connectivity index (χ2v) is 6.65. The number of imidazole rings is 1. The van der Waals surface area contributed by atoms with Gasteiger partial charge >= 0.3 is 5.97 Å². The van der Waals surface area contributed by atoms with E-state index in [1.165, 1.54) is 42.1 Å². The molecule has 0 saturated carbocycles. The Morgan fingerprint density at radius 1 is 1.32 bits per heavy atom. The van der Waals surface area contributed by atoms with Crippen molar-refractivity contribution in [3.8, 4) is 0 Å². The number of nitrogens with one attached hydrogen (secondary N) is 1. The highest BCUT2D eigenvalue weighted by Gasteiger charge is 2.21. The number of hydrogen-bond acceptors (Lipinski definition) is 3. The molecular weight excluding hydrogens is 314 g/mol. The van der Waals surface area contributed by atoms with Gasteiger partial charge in [-0.15, -0.1) is 0 Å². The van der Waals surface area contributed by atoms with Gasteiger partial charge in [-0.1, -0.05) is 0 Å². The average Bonchev–Trinajstić information content (AvgIpc) is 3.28. The Labute approximate surface area is 147 Å². The molecular formula is C20H23N3O2. The van der Waals surface area contributed by atoms with Crippen molar-refractivity contribution < 1.29 is 9.53 Å². The third-order valence-electron chi connectivity index (χ3n) is 5.15. The Bertz CT molecular complexity index is 893. The van der Waals surface area contributed by atoms with Crippen molar-refractivity contribution in [3.05, 3.63) is 53.2 Å². The normalized spacial score (nSPS) is 13.8. The van der Waals surface area contributed by atoms with E-state index in [-0.39, 0.29) is 5.97 Å². The molecule has 0 atom stereocenters. The number of aromatic nitrogens is 3. The van der Waals surface area contributed by atoms with Crippen molar-refractivity contribution in [2.45, 2.75) is 45.1 Å². The summed E-state index contributed by atoms with van der Waals surface area (Å²) in [6.45, 7) is 0.976. The van der Waals surface area contributed by atoms with E-state index in [1.54, 1.807) is 6.20 Å². The summed E-state index contributed by atoms with van der Waals surface area (Å²) in [6.07, 6.45) is 10.4. The number of hydrogen-bond donors (Lipinski definition) is 1. The minimum absolute atomic E-state index is 0.267. The van der Waals surface area contributed by atoms with Gasteiger partial charge in [0.15, 0.2) is 0 Å². The summed E-state index contributed by atoms with van der Waals surface area (Å²) < 4.78 is 7.34. The van der Waals surface area contributed by atoms with Crippen LogP contribution in [0.15, 0.2) is 30.6 Å². The molecule has 1 aromatic carbocycles. The molecule has 5 nitrogen and oxygen atoms in total. The summed E-state index contributed by atoms with van der Waals surface area (Å²) in [7, 11) is 1.43. The maximum absolute atomic E-state index is 11.9. The predicted octanol–water partition coefficient (Wildman–Crippen LogP) is 3.66. The molecule has 5 heteroatoms. The average molecular weight is 337 g/mol. The largest absolute Gasteiger partial charge is 0.465 e. The number of nitrogens with zero attached hydrogens (tertiary/aromatic N) is 2. The van der Waals surface area contributed by atoms with Crippen molar-refractivity contribution in [1.82, 2.24) is 14.5 Å². The molecule has 0 saturated heterocycles. The number of fused-ring (bicyclic) bond motifs is 3. The summed E-state index contributed by atoms with van der Waals surface area (Å²) in [6, 6.07) is 5.96. The molecule has 0 bridgehead atoms. The van der Waals surface area contributed by atoms with Crippen molar-refractivity contribution in [1.29, 1.82) is 0 Å². The van der Waals surface area contributed by atoms with Gasteiger partial charge in [-0.05, 0) is 55.9 Å². The Hall–Kier alpha value is -2.56. The van der Waals surface area contributed by atoms with E-state index in [1.807, 2.05) is 18.3 Å². The van der Waals surface area contributed by atoms with E-state index in [0.29, 0.717) is 5.56 Å². The minimum atomic E-state index is -0.267. The molecule has 0 aliphatic heterocycles. The van der Waals surface area contributed by atoms with E-state index < -0.39 is 0 Å². The molecule has 1 aliphatic carbocycles. The number of esters is 1. The lowest BCUT2D eigenvalue weighted by atomic mass is 9.95. The first-order valence-electron chi connectivity index (χ1n) is 8.98. The van der Waals surface area contributed by atoms with E-state index >= 15 is 0 Å². The number of H-pyrrole nitrogens is 1. The molecule has 0 amide bonds. The molecule has 1 aliphatic rings. The van der Waals surface area contributed by atoms with Gasteiger partial charge in [0, 0.05) is 42.0 Å². The maximum Gasteiger partial charge on any atom is 0.337 e. The quantitative estimate of drug-likeness (QED) is 0.723. The fourth-order valence-corrected chi connectivity index (χ4v) is 3.98. The highest BCUT2D eigenvalue weighted by Crippen LogP contribution is 2.33. The molecule has 1 N–H and O–H groups in total. The summed E-state index contributed by atoms with van der Waals surface area (Å²) in [5.74, 6) is 0.773. The van der Waals surface area contributed by atoms with E-state index in [4.69, 9.17) is 4.74 Å².